The van der Waals surface area contributed by atoms with Crippen molar-refractivity contribution < 1.29 is 9.53 Å². The Bertz CT molecular complexity index is 396. The fourth-order valence-electron chi connectivity index (χ4n) is 1.58. The summed E-state index contributed by atoms with van der Waals surface area (Å²) in [4.78, 5) is 11.5. The van der Waals surface area contributed by atoms with Crippen LogP contribution in [0.4, 0.5) is 0 Å². The Labute approximate surface area is 102 Å². The number of rotatable bonds is 5. The second kappa shape index (κ2) is 5.31. The van der Waals surface area contributed by atoms with E-state index in [9.17, 15) is 4.79 Å². The van der Waals surface area contributed by atoms with E-state index in [0.717, 1.165) is 11.3 Å². The van der Waals surface area contributed by atoms with Gasteiger partial charge in [0.25, 0.3) is 0 Å². The number of aryl methyl sites for hydroxylation is 1. The third kappa shape index (κ3) is 3.30. The van der Waals surface area contributed by atoms with Crippen LogP contribution in [0, 0.1) is 12.3 Å². The van der Waals surface area contributed by atoms with E-state index in [1.54, 1.807) is 0 Å². The molecule has 5 nitrogen and oxygen atoms in total. The fourth-order valence-corrected chi connectivity index (χ4v) is 1.58. The zero-order chi connectivity index (χ0) is 13.1. The molecule has 1 heterocycles. The lowest BCUT2D eigenvalue weighted by molar-refractivity contribution is -0.150. The highest BCUT2D eigenvalue weighted by Gasteiger charge is 2.28. The summed E-state index contributed by atoms with van der Waals surface area (Å²) in [6.07, 6.45) is 1.84. The normalized spacial score (nSPS) is 11.6. The second-order valence-electron chi connectivity index (χ2n) is 4.86. The molecule has 96 valence electrons. The van der Waals surface area contributed by atoms with Crippen molar-refractivity contribution in [3.8, 4) is 0 Å². The minimum atomic E-state index is -0.509. The fraction of sp³-hybridized carbons (Fsp3) is 0.667. The van der Waals surface area contributed by atoms with Gasteiger partial charge in [-0.05, 0) is 20.8 Å². The minimum absolute atomic E-state index is 0.201. The summed E-state index contributed by atoms with van der Waals surface area (Å²) in [5.41, 5.74) is 1.77. The summed E-state index contributed by atoms with van der Waals surface area (Å²) < 4.78 is 6.59. The number of nitrogens with zero attached hydrogens (tertiary/aromatic N) is 2. The Morgan fingerprint density at radius 1 is 1.59 bits per heavy atom. The van der Waals surface area contributed by atoms with Crippen molar-refractivity contribution in [2.75, 3.05) is 13.7 Å². The topological polar surface area (TPSA) is 56.1 Å². The summed E-state index contributed by atoms with van der Waals surface area (Å²) in [7, 11) is 3.33. The Balaban J connectivity index is 2.48. The van der Waals surface area contributed by atoms with Gasteiger partial charge in [-0.3, -0.25) is 9.48 Å². The monoisotopic (exact) mass is 239 g/mol. The maximum atomic E-state index is 11.5. The summed E-state index contributed by atoms with van der Waals surface area (Å²) >= 11 is 0. The van der Waals surface area contributed by atoms with Crippen molar-refractivity contribution in [2.45, 2.75) is 27.3 Å². The molecule has 0 aliphatic rings. The molecule has 0 aliphatic heterocycles. The first-order chi connectivity index (χ1) is 7.88. The van der Waals surface area contributed by atoms with Crippen LogP contribution in [-0.4, -0.2) is 29.4 Å². The standard InChI is InChI=1S/C12H21N3O2/c1-9-10(7-14-15(9)4)6-13-8-12(2,3)11(16)17-5/h7,13H,6,8H2,1-5H3. The largest absolute Gasteiger partial charge is 0.469 e. The Kier molecular flexibility index (Phi) is 4.28. The van der Waals surface area contributed by atoms with Crippen LogP contribution in [0.2, 0.25) is 0 Å². The molecule has 0 radical (unpaired) electrons. The summed E-state index contributed by atoms with van der Waals surface area (Å²) in [6.45, 7) is 7.04. The lowest BCUT2D eigenvalue weighted by Gasteiger charge is -2.21. The molecule has 17 heavy (non-hydrogen) atoms. The van der Waals surface area contributed by atoms with Gasteiger partial charge >= 0.3 is 5.97 Å². The molecular formula is C12H21N3O2. The zero-order valence-corrected chi connectivity index (χ0v) is 11.2. The zero-order valence-electron chi connectivity index (χ0n) is 11.2. The summed E-state index contributed by atoms with van der Waals surface area (Å²) in [5, 5.41) is 7.42. The van der Waals surface area contributed by atoms with Crippen molar-refractivity contribution >= 4 is 5.97 Å². The smallest absolute Gasteiger partial charge is 0.312 e. The SMILES string of the molecule is COC(=O)C(C)(C)CNCc1cnn(C)c1C. The van der Waals surface area contributed by atoms with Crippen LogP contribution in [0.1, 0.15) is 25.1 Å². The van der Waals surface area contributed by atoms with Crippen molar-refractivity contribution in [1.29, 1.82) is 0 Å². The molecule has 0 saturated heterocycles. The molecule has 0 atom stereocenters. The molecule has 5 heteroatoms. The number of aromatic nitrogens is 2. The van der Waals surface area contributed by atoms with Crippen LogP contribution in [0.3, 0.4) is 0 Å². The summed E-state index contributed by atoms with van der Waals surface area (Å²) in [6, 6.07) is 0. The number of methoxy groups -OCH3 is 1. The highest BCUT2D eigenvalue weighted by atomic mass is 16.5. The highest BCUT2D eigenvalue weighted by molar-refractivity contribution is 5.76. The Hall–Kier alpha value is -1.36. The van der Waals surface area contributed by atoms with E-state index in [1.165, 1.54) is 7.11 Å². The van der Waals surface area contributed by atoms with E-state index < -0.39 is 5.41 Å². The second-order valence-corrected chi connectivity index (χ2v) is 4.86. The van der Waals surface area contributed by atoms with Crippen molar-refractivity contribution in [2.24, 2.45) is 12.5 Å². The molecule has 0 bridgehead atoms. The maximum absolute atomic E-state index is 11.5. The number of carbonyl (C=O) groups excluding carboxylic acids is 1. The van der Waals surface area contributed by atoms with Gasteiger partial charge in [0.15, 0.2) is 0 Å². The molecule has 0 aromatic carbocycles. The van der Waals surface area contributed by atoms with Gasteiger partial charge in [-0.2, -0.15) is 5.10 Å². The predicted molar refractivity (Wildman–Crippen MR) is 65.4 cm³/mol. The molecule has 0 fully saturated rings. The number of esters is 1. The minimum Gasteiger partial charge on any atom is -0.469 e. The van der Waals surface area contributed by atoms with E-state index in [-0.39, 0.29) is 5.97 Å². The van der Waals surface area contributed by atoms with Crippen LogP contribution < -0.4 is 5.32 Å². The first kappa shape index (κ1) is 13.7. The highest BCUT2D eigenvalue weighted by Crippen LogP contribution is 2.15. The molecule has 1 rings (SSSR count). The Morgan fingerprint density at radius 3 is 2.71 bits per heavy atom. The average Bonchev–Trinajstić information content (AvgIpc) is 2.59. The molecular weight excluding hydrogens is 218 g/mol. The lowest BCUT2D eigenvalue weighted by Crippen LogP contribution is -2.36. The van der Waals surface area contributed by atoms with Gasteiger partial charge < -0.3 is 10.1 Å². The number of hydrogen-bond donors (Lipinski definition) is 1. The van der Waals surface area contributed by atoms with Crippen LogP contribution >= 0.6 is 0 Å². The predicted octanol–water partition coefficient (Wildman–Crippen LogP) is 1.02. The third-order valence-corrected chi connectivity index (χ3v) is 2.96. The molecule has 1 aromatic rings. The molecule has 1 N–H and O–H groups in total. The first-order valence-corrected chi connectivity index (χ1v) is 5.65. The van der Waals surface area contributed by atoms with Crippen molar-refractivity contribution in [3.05, 3.63) is 17.5 Å². The van der Waals surface area contributed by atoms with Gasteiger partial charge in [0.2, 0.25) is 0 Å². The van der Waals surface area contributed by atoms with E-state index in [2.05, 4.69) is 10.4 Å². The van der Waals surface area contributed by atoms with Gasteiger partial charge in [-0.25, -0.2) is 0 Å². The quantitative estimate of drug-likeness (QED) is 0.779. The molecule has 0 spiro atoms. The third-order valence-electron chi connectivity index (χ3n) is 2.96. The molecule has 0 saturated carbocycles. The van der Waals surface area contributed by atoms with Crippen molar-refractivity contribution in [1.82, 2.24) is 15.1 Å². The molecule has 1 aromatic heterocycles. The van der Waals surface area contributed by atoms with Crippen molar-refractivity contribution in [3.63, 3.8) is 0 Å². The van der Waals surface area contributed by atoms with Gasteiger partial charge in [0.1, 0.15) is 0 Å². The lowest BCUT2D eigenvalue weighted by atomic mass is 9.94. The number of hydrogen-bond acceptors (Lipinski definition) is 4. The Morgan fingerprint density at radius 2 is 2.24 bits per heavy atom. The number of ether oxygens (including phenoxy) is 1. The van der Waals surface area contributed by atoms with E-state index in [0.29, 0.717) is 13.1 Å². The molecule has 0 aliphatic carbocycles. The van der Waals surface area contributed by atoms with Gasteiger partial charge in [0.05, 0.1) is 18.7 Å². The van der Waals surface area contributed by atoms with Gasteiger partial charge in [0, 0.05) is 31.4 Å². The molecule has 0 unspecified atom stereocenters. The maximum Gasteiger partial charge on any atom is 0.312 e. The van der Waals surface area contributed by atoms with Crippen LogP contribution in [0.15, 0.2) is 6.20 Å². The van der Waals surface area contributed by atoms with E-state index >= 15 is 0 Å². The number of carbonyl (C=O) groups is 1. The van der Waals surface area contributed by atoms with Crippen LogP contribution in [-0.2, 0) is 23.1 Å². The summed E-state index contributed by atoms with van der Waals surface area (Å²) in [5.74, 6) is -0.201. The van der Waals surface area contributed by atoms with Gasteiger partial charge in [-0.15, -0.1) is 0 Å². The van der Waals surface area contributed by atoms with E-state index in [4.69, 9.17) is 4.74 Å². The first-order valence-electron chi connectivity index (χ1n) is 5.65. The number of nitrogens with one attached hydrogen (secondary N) is 1. The average molecular weight is 239 g/mol. The van der Waals surface area contributed by atoms with E-state index in [1.807, 2.05) is 38.7 Å². The van der Waals surface area contributed by atoms with Crippen LogP contribution in [0.25, 0.3) is 0 Å². The molecule has 0 amide bonds. The van der Waals surface area contributed by atoms with Crippen LogP contribution in [0.5, 0.6) is 0 Å². The van der Waals surface area contributed by atoms with Gasteiger partial charge in [-0.1, -0.05) is 0 Å².